The van der Waals surface area contributed by atoms with E-state index in [-0.39, 0.29) is 17.9 Å². The molecule has 0 fully saturated rings. The standard InChI is InChI=1S/C9H14N4O2S/c1-7-9(8(2)13(3)12-7)16(14,15)11-6-4-5-10/h11H,4,6H2,1-3H3. The number of aryl methyl sites for hydroxylation is 2. The molecule has 0 bridgehead atoms. The normalized spacial score (nSPS) is 11.4. The number of nitrogens with zero attached hydrogens (tertiary/aromatic N) is 3. The summed E-state index contributed by atoms with van der Waals surface area (Å²) in [6.45, 7) is 3.46. The zero-order chi connectivity index (χ0) is 12.3. The molecule has 0 spiro atoms. The van der Waals surface area contributed by atoms with Gasteiger partial charge in [0.05, 0.1) is 17.5 Å². The van der Waals surface area contributed by atoms with E-state index in [0.717, 1.165) is 0 Å². The van der Waals surface area contributed by atoms with Gasteiger partial charge in [0.2, 0.25) is 10.0 Å². The molecule has 1 N–H and O–H groups in total. The van der Waals surface area contributed by atoms with E-state index in [1.54, 1.807) is 20.9 Å². The van der Waals surface area contributed by atoms with E-state index < -0.39 is 10.0 Å². The van der Waals surface area contributed by atoms with Gasteiger partial charge < -0.3 is 0 Å². The Labute approximate surface area is 94.9 Å². The first kappa shape index (κ1) is 12.7. The van der Waals surface area contributed by atoms with E-state index in [9.17, 15) is 8.42 Å². The summed E-state index contributed by atoms with van der Waals surface area (Å²) in [7, 11) is -1.87. The van der Waals surface area contributed by atoms with Crippen molar-refractivity contribution in [3.63, 3.8) is 0 Å². The van der Waals surface area contributed by atoms with Gasteiger partial charge in [0.25, 0.3) is 0 Å². The second-order valence-corrected chi connectivity index (χ2v) is 5.13. The van der Waals surface area contributed by atoms with Crippen LogP contribution in [0, 0.1) is 25.2 Å². The molecule has 16 heavy (non-hydrogen) atoms. The molecule has 0 saturated carbocycles. The van der Waals surface area contributed by atoms with Crippen molar-refractivity contribution < 1.29 is 8.42 Å². The summed E-state index contributed by atoms with van der Waals surface area (Å²) in [6, 6.07) is 1.88. The molecule has 0 radical (unpaired) electrons. The fourth-order valence-electron chi connectivity index (χ4n) is 1.46. The highest BCUT2D eigenvalue weighted by Gasteiger charge is 2.22. The van der Waals surface area contributed by atoms with Crippen LogP contribution in [0.1, 0.15) is 17.8 Å². The highest BCUT2D eigenvalue weighted by atomic mass is 32.2. The molecule has 0 aliphatic rings. The van der Waals surface area contributed by atoms with Crippen molar-refractivity contribution in [2.45, 2.75) is 25.2 Å². The van der Waals surface area contributed by atoms with Crippen molar-refractivity contribution in [2.24, 2.45) is 7.05 Å². The average Bonchev–Trinajstić information content (AvgIpc) is 2.41. The van der Waals surface area contributed by atoms with E-state index in [1.807, 2.05) is 6.07 Å². The first-order valence-electron chi connectivity index (χ1n) is 4.77. The maximum Gasteiger partial charge on any atom is 0.244 e. The topological polar surface area (TPSA) is 87.8 Å². The Kier molecular flexibility index (Phi) is 3.67. The van der Waals surface area contributed by atoms with Crippen molar-refractivity contribution in [2.75, 3.05) is 6.54 Å². The number of hydrogen-bond acceptors (Lipinski definition) is 4. The highest BCUT2D eigenvalue weighted by Crippen LogP contribution is 2.17. The van der Waals surface area contributed by atoms with Gasteiger partial charge in [-0.05, 0) is 13.8 Å². The highest BCUT2D eigenvalue weighted by molar-refractivity contribution is 7.89. The smallest absolute Gasteiger partial charge is 0.244 e. The maximum absolute atomic E-state index is 11.9. The van der Waals surface area contributed by atoms with Gasteiger partial charge in [-0.3, -0.25) is 4.68 Å². The molecular weight excluding hydrogens is 228 g/mol. The van der Waals surface area contributed by atoms with Gasteiger partial charge in [0.1, 0.15) is 4.90 Å². The van der Waals surface area contributed by atoms with E-state index in [0.29, 0.717) is 11.4 Å². The van der Waals surface area contributed by atoms with Gasteiger partial charge in [-0.1, -0.05) is 0 Å². The van der Waals surface area contributed by atoms with Crippen LogP contribution in [-0.2, 0) is 17.1 Å². The Hall–Kier alpha value is -1.39. The quantitative estimate of drug-likeness (QED) is 0.765. The molecule has 1 aromatic heterocycles. The summed E-state index contributed by atoms with van der Waals surface area (Å²) in [6.07, 6.45) is 0.150. The first-order valence-corrected chi connectivity index (χ1v) is 6.25. The zero-order valence-electron chi connectivity index (χ0n) is 9.48. The Morgan fingerprint density at radius 1 is 1.50 bits per heavy atom. The van der Waals surface area contributed by atoms with Crippen molar-refractivity contribution in [1.29, 1.82) is 5.26 Å². The van der Waals surface area contributed by atoms with Gasteiger partial charge in [0, 0.05) is 20.0 Å². The number of rotatable bonds is 4. The molecule has 0 amide bonds. The predicted molar refractivity (Wildman–Crippen MR) is 58.1 cm³/mol. The monoisotopic (exact) mass is 242 g/mol. The van der Waals surface area contributed by atoms with Crippen LogP contribution in [0.15, 0.2) is 4.90 Å². The Morgan fingerprint density at radius 3 is 2.56 bits per heavy atom. The molecular formula is C9H14N4O2S. The van der Waals surface area contributed by atoms with E-state index in [1.165, 1.54) is 4.68 Å². The minimum Gasteiger partial charge on any atom is -0.271 e. The van der Waals surface area contributed by atoms with Crippen LogP contribution in [0.3, 0.4) is 0 Å². The fourth-order valence-corrected chi connectivity index (χ4v) is 2.92. The minimum atomic E-state index is -3.56. The van der Waals surface area contributed by atoms with Gasteiger partial charge in [-0.15, -0.1) is 0 Å². The molecule has 0 saturated heterocycles. The molecule has 6 nitrogen and oxygen atoms in total. The van der Waals surface area contributed by atoms with Gasteiger partial charge in [0.15, 0.2) is 0 Å². The number of nitrogens with one attached hydrogen (secondary N) is 1. The number of nitriles is 1. The molecule has 1 rings (SSSR count). The summed E-state index contributed by atoms with van der Waals surface area (Å²) < 4.78 is 27.7. The lowest BCUT2D eigenvalue weighted by Gasteiger charge is -2.04. The second kappa shape index (κ2) is 4.63. The largest absolute Gasteiger partial charge is 0.271 e. The Bertz CT molecular complexity index is 524. The molecule has 0 aliphatic heterocycles. The number of aromatic nitrogens is 2. The third-order valence-electron chi connectivity index (χ3n) is 2.24. The molecule has 1 aromatic rings. The molecule has 88 valence electrons. The molecule has 0 aromatic carbocycles. The average molecular weight is 242 g/mol. The number of hydrogen-bond donors (Lipinski definition) is 1. The van der Waals surface area contributed by atoms with E-state index >= 15 is 0 Å². The summed E-state index contributed by atoms with van der Waals surface area (Å²) >= 11 is 0. The van der Waals surface area contributed by atoms with Gasteiger partial charge in [-0.25, -0.2) is 13.1 Å². The summed E-state index contributed by atoms with van der Waals surface area (Å²) in [5, 5.41) is 12.4. The summed E-state index contributed by atoms with van der Waals surface area (Å²) in [5.41, 5.74) is 1.05. The van der Waals surface area contributed by atoms with Crippen molar-refractivity contribution in [1.82, 2.24) is 14.5 Å². The number of sulfonamides is 1. The van der Waals surface area contributed by atoms with Gasteiger partial charge >= 0.3 is 0 Å². The van der Waals surface area contributed by atoms with Crippen LogP contribution in [-0.4, -0.2) is 24.7 Å². The fraction of sp³-hybridized carbons (Fsp3) is 0.556. The molecule has 1 heterocycles. The minimum absolute atomic E-state index is 0.118. The third kappa shape index (κ3) is 2.40. The van der Waals surface area contributed by atoms with Crippen molar-refractivity contribution in [3.8, 4) is 6.07 Å². The van der Waals surface area contributed by atoms with E-state index in [2.05, 4.69) is 9.82 Å². The lowest BCUT2D eigenvalue weighted by atomic mass is 10.4. The SMILES string of the molecule is Cc1nn(C)c(C)c1S(=O)(=O)NCCC#N. The van der Waals surface area contributed by atoms with Crippen molar-refractivity contribution in [3.05, 3.63) is 11.4 Å². The molecule has 0 unspecified atom stereocenters. The van der Waals surface area contributed by atoms with Gasteiger partial charge in [-0.2, -0.15) is 10.4 Å². The summed E-state index contributed by atoms with van der Waals surface area (Å²) in [4.78, 5) is 0.202. The zero-order valence-corrected chi connectivity index (χ0v) is 10.3. The van der Waals surface area contributed by atoms with Crippen LogP contribution in [0.4, 0.5) is 0 Å². The lowest BCUT2D eigenvalue weighted by Crippen LogP contribution is -2.25. The van der Waals surface area contributed by atoms with Crippen LogP contribution in [0.5, 0.6) is 0 Å². The van der Waals surface area contributed by atoms with Crippen LogP contribution in [0.25, 0.3) is 0 Å². The van der Waals surface area contributed by atoms with Crippen LogP contribution in [0.2, 0.25) is 0 Å². The lowest BCUT2D eigenvalue weighted by molar-refractivity contribution is 0.580. The Morgan fingerprint density at radius 2 is 2.12 bits per heavy atom. The third-order valence-corrected chi connectivity index (χ3v) is 3.95. The molecule has 7 heteroatoms. The Balaban J connectivity index is 3.04. The van der Waals surface area contributed by atoms with E-state index in [4.69, 9.17) is 5.26 Å². The molecule has 0 aliphatic carbocycles. The van der Waals surface area contributed by atoms with Crippen molar-refractivity contribution >= 4 is 10.0 Å². The van der Waals surface area contributed by atoms with Crippen LogP contribution < -0.4 is 4.72 Å². The maximum atomic E-state index is 11.9. The second-order valence-electron chi connectivity index (χ2n) is 3.43. The van der Waals surface area contributed by atoms with Crippen LogP contribution >= 0.6 is 0 Å². The molecule has 0 atom stereocenters. The predicted octanol–water partition coefficient (Wildman–Crippen LogP) is 0.229. The summed E-state index contributed by atoms with van der Waals surface area (Å²) in [5.74, 6) is 0. The first-order chi connectivity index (χ1) is 7.40.